The Morgan fingerprint density at radius 1 is 0.553 bits per heavy atom. The first-order valence-corrected chi connectivity index (χ1v) is 15.3. The van der Waals surface area contributed by atoms with E-state index in [0.29, 0.717) is 4.90 Å². The fourth-order valence-corrected chi connectivity index (χ4v) is 11.4. The summed E-state index contributed by atoms with van der Waals surface area (Å²) in [7, 11) is -1.79. The van der Waals surface area contributed by atoms with Gasteiger partial charge >= 0.3 is 5.97 Å². The molecule has 5 aromatic carbocycles. The van der Waals surface area contributed by atoms with Gasteiger partial charge in [-0.2, -0.15) is 0 Å². The zero-order chi connectivity index (χ0) is 26.2. The van der Waals surface area contributed by atoms with Gasteiger partial charge in [0.15, 0.2) is 0 Å². The number of ether oxygens (including phenoxy) is 1. The van der Waals surface area contributed by atoms with Gasteiger partial charge in [0.05, 0.1) is 10.8 Å². The lowest BCUT2D eigenvalue weighted by atomic mass is 10.2. The van der Waals surface area contributed by atoms with E-state index in [1.807, 2.05) is 140 Å². The van der Waals surface area contributed by atoms with E-state index < -0.39 is 23.7 Å². The molecule has 3 nitrogen and oxygen atoms in total. The second kappa shape index (κ2) is 12.0. The molecular formula is C33H27O3PS. The predicted octanol–water partition coefficient (Wildman–Crippen LogP) is 5.66. The number of esters is 1. The Labute approximate surface area is 226 Å². The van der Waals surface area contributed by atoms with Crippen LogP contribution in [0.3, 0.4) is 0 Å². The summed E-state index contributed by atoms with van der Waals surface area (Å²) < 4.78 is 20.8. The largest absolute Gasteiger partial charge is 0.457 e. The molecule has 1 unspecified atom stereocenters. The lowest BCUT2D eigenvalue weighted by molar-refractivity contribution is -0.136. The van der Waals surface area contributed by atoms with E-state index >= 15 is 0 Å². The summed E-state index contributed by atoms with van der Waals surface area (Å²) in [5.41, 5.74) is 0.869. The van der Waals surface area contributed by atoms with E-state index in [2.05, 4.69) is 0 Å². The first-order valence-electron chi connectivity index (χ1n) is 12.3. The third-order valence-corrected chi connectivity index (χ3v) is 12.8. The molecule has 0 aliphatic carbocycles. The van der Waals surface area contributed by atoms with Crippen LogP contribution in [0.15, 0.2) is 157 Å². The SMILES string of the molecule is O=C(OCc1ccccc1)C(S(=O)c1ccccc1)=P(c1ccccc1)(c1ccccc1)c1ccccc1. The highest BCUT2D eigenvalue weighted by Gasteiger charge is 2.37. The molecule has 0 aliphatic rings. The summed E-state index contributed by atoms with van der Waals surface area (Å²) >= 11 is 0. The average molecular weight is 535 g/mol. The van der Waals surface area contributed by atoms with Gasteiger partial charge in [-0.25, -0.2) is 9.00 Å². The summed E-state index contributed by atoms with van der Waals surface area (Å²) in [5.74, 6) is -0.555. The van der Waals surface area contributed by atoms with Crippen LogP contribution in [0.4, 0.5) is 0 Å². The van der Waals surface area contributed by atoms with Crippen LogP contribution in [-0.4, -0.2) is 14.8 Å². The molecule has 0 radical (unpaired) electrons. The molecule has 0 aliphatic heterocycles. The molecule has 188 valence electrons. The summed E-state index contributed by atoms with van der Waals surface area (Å²) in [6.45, 7) is -2.83. The molecule has 5 aromatic rings. The van der Waals surface area contributed by atoms with Crippen LogP contribution in [0.5, 0.6) is 0 Å². The second-order valence-corrected chi connectivity index (χ2v) is 13.7. The van der Waals surface area contributed by atoms with Gasteiger partial charge in [-0.15, -0.1) is 0 Å². The summed E-state index contributed by atoms with van der Waals surface area (Å²) in [6.07, 6.45) is 0. The fourth-order valence-electron chi connectivity index (χ4n) is 4.53. The fraction of sp³-hybridized carbons (Fsp3) is 0.0303. The maximum Gasteiger partial charge on any atom is 0.348 e. The lowest BCUT2D eigenvalue weighted by Gasteiger charge is -2.31. The van der Waals surface area contributed by atoms with Crippen LogP contribution >= 0.6 is 6.89 Å². The number of rotatable bonds is 8. The van der Waals surface area contributed by atoms with Gasteiger partial charge in [0.2, 0.25) is 0 Å². The summed E-state index contributed by atoms with van der Waals surface area (Å²) in [6, 6.07) is 48.6. The number of hydrogen-bond donors (Lipinski definition) is 0. The van der Waals surface area contributed by atoms with Crippen molar-refractivity contribution in [3.63, 3.8) is 0 Å². The van der Waals surface area contributed by atoms with E-state index in [0.717, 1.165) is 21.5 Å². The van der Waals surface area contributed by atoms with Crippen molar-refractivity contribution in [2.24, 2.45) is 0 Å². The van der Waals surface area contributed by atoms with Crippen molar-refractivity contribution in [3.05, 3.63) is 157 Å². The van der Waals surface area contributed by atoms with E-state index in [-0.39, 0.29) is 11.2 Å². The number of hydrogen-bond acceptors (Lipinski definition) is 3. The number of carbonyl (C=O) groups is 1. The van der Waals surface area contributed by atoms with Crippen molar-refractivity contribution in [2.45, 2.75) is 11.5 Å². The first-order chi connectivity index (χ1) is 18.7. The average Bonchev–Trinajstić information content (AvgIpc) is 3.00. The molecular weight excluding hydrogens is 507 g/mol. The third-order valence-electron chi connectivity index (χ3n) is 6.26. The molecule has 0 saturated heterocycles. The summed E-state index contributed by atoms with van der Waals surface area (Å²) in [4.78, 5) is 14.8. The van der Waals surface area contributed by atoms with Crippen molar-refractivity contribution in [1.82, 2.24) is 0 Å². The van der Waals surface area contributed by atoms with Crippen LogP contribution in [0.25, 0.3) is 0 Å². The monoisotopic (exact) mass is 534 g/mol. The zero-order valence-corrected chi connectivity index (χ0v) is 22.4. The van der Waals surface area contributed by atoms with Crippen LogP contribution in [0.1, 0.15) is 5.56 Å². The lowest BCUT2D eigenvalue weighted by Crippen LogP contribution is -2.36. The van der Waals surface area contributed by atoms with Crippen molar-refractivity contribution in [2.75, 3.05) is 0 Å². The van der Waals surface area contributed by atoms with Crippen molar-refractivity contribution in [1.29, 1.82) is 0 Å². The van der Waals surface area contributed by atoms with Gasteiger partial charge in [0.1, 0.15) is 11.2 Å². The van der Waals surface area contributed by atoms with Crippen LogP contribution in [0, 0.1) is 0 Å². The molecule has 1 atom stereocenters. The minimum Gasteiger partial charge on any atom is -0.457 e. The Bertz CT molecular complexity index is 1470. The highest BCUT2D eigenvalue weighted by Crippen LogP contribution is 2.47. The second-order valence-electron chi connectivity index (χ2n) is 8.63. The maximum absolute atomic E-state index is 14.6. The molecule has 38 heavy (non-hydrogen) atoms. The molecule has 0 fully saturated rings. The van der Waals surface area contributed by atoms with E-state index in [9.17, 15) is 9.00 Å². The Kier molecular flexibility index (Phi) is 8.13. The smallest absolute Gasteiger partial charge is 0.348 e. The van der Waals surface area contributed by atoms with Crippen LogP contribution in [-0.2, 0) is 26.9 Å². The van der Waals surface area contributed by atoms with E-state index in [1.54, 1.807) is 12.1 Å². The van der Waals surface area contributed by atoms with Crippen LogP contribution < -0.4 is 15.9 Å². The Morgan fingerprint density at radius 3 is 1.34 bits per heavy atom. The Balaban J connectivity index is 1.88. The topological polar surface area (TPSA) is 43.4 Å². The molecule has 0 heterocycles. The molecule has 0 amide bonds. The minimum atomic E-state index is -2.92. The van der Waals surface area contributed by atoms with E-state index in [4.69, 9.17) is 4.74 Å². The standard InChI is InChI=1S/C33H27O3PS/c34-32(36-26-27-16-6-1-7-17-27)33(38(35)31-24-14-5-15-25-31)37(28-18-8-2-9-19-28,29-20-10-3-11-21-29)30-22-12-4-13-23-30/h1-25H,26H2. The van der Waals surface area contributed by atoms with E-state index in [1.165, 1.54) is 0 Å². The van der Waals surface area contributed by atoms with Gasteiger partial charge in [-0.3, -0.25) is 0 Å². The minimum absolute atomic E-state index is 0.0908. The summed E-state index contributed by atoms with van der Waals surface area (Å²) in [5, 5.41) is 2.81. The molecule has 0 saturated carbocycles. The van der Waals surface area contributed by atoms with Crippen molar-refractivity contribution >= 4 is 44.2 Å². The molecule has 0 aromatic heterocycles. The zero-order valence-electron chi connectivity index (χ0n) is 20.7. The third kappa shape index (κ3) is 5.19. The molecule has 0 spiro atoms. The van der Waals surface area contributed by atoms with Gasteiger partial charge in [-0.1, -0.05) is 140 Å². The van der Waals surface area contributed by atoms with Crippen LogP contribution in [0.2, 0.25) is 0 Å². The molecule has 0 bridgehead atoms. The maximum atomic E-state index is 14.6. The Hall–Kier alpha value is -3.98. The quantitative estimate of drug-likeness (QED) is 0.191. The molecule has 5 heteroatoms. The Morgan fingerprint density at radius 2 is 0.921 bits per heavy atom. The number of benzene rings is 5. The van der Waals surface area contributed by atoms with Crippen molar-refractivity contribution < 1.29 is 13.7 Å². The molecule has 5 rings (SSSR count). The van der Waals surface area contributed by atoms with Gasteiger partial charge in [-0.05, 0) is 33.6 Å². The highest BCUT2D eigenvalue weighted by molar-refractivity contribution is 8.18. The first kappa shape index (κ1) is 25.7. The van der Waals surface area contributed by atoms with Gasteiger partial charge in [0, 0.05) is 11.8 Å². The number of carbonyl (C=O) groups excluding carboxylic acids is 1. The highest BCUT2D eigenvalue weighted by atomic mass is 32.2. The normalized spacial score (nSPS) is 11.9. The predicted molar refractivity (Wildman–Crippen MR) is 159 cm³/mol. The molecule has 0 N–H and O–H groups in total. The van der Waals surface area contributed by atoms with Gasteiger partial charge < -0.3 is 4.74 Å². The van der Waals surface area contributed by atoms with Crippen molar-refractivity contribution in [3.8, 4) is 0 Å². The van der Waals surface area contributed by atoms with Gasteiger partial charge in [0.25, 0.3) is 0 Å².